The minimum absolute atomic E-state index is 0.0149. The fourth-order valence-corrected chi connectivity index (χ4v) is 3.56. The highest BCUT2D eigenvalue weighted by Crippen LogP contribution is 2.31. The number of halogens is 2. The van der Waals surface area contributed by atoms with Gasteiger partial charge in [0.2, 0.25) is 5.91 Å². The molecule has 2 rings (SSSR count). The van der Waals surface area contributed by atoms with Gasteiger partial charge in [-0.25, -0.2) is 5.43 Å². The minimum Gasteiger partial charge on any atom is -0.497 e. The number of carbonyl (C=O) groups is 2. The maximum Gasteiger partial charge on any atom is 0.277 e. The van der Waals surface area contributed by atoms with Crippen molar-refractivity contribution < 1.29 is 23.8 Å². The van der Waals surface area contributed by atoms with Crippen LogP contribution in [0.4, 0.5) is 5.69 Å². The van der Waals surface area contributed by atoms with Gasteiger partial charge in [-0.15, -0.1) is 0 Å². The number of nitrogens with zero attached hydrogens (tertiary/aromatic N) is 1. The first-order valence-electron chi connectivity index (χ1n) is 9.15. The average molecular weight is 557 g/mol. The van der Waals surface area contributed by atoms with E-state index in [1.807, 2.05) is 19.1 Å². The summed E-state index contributed by atoms with van der Waals surface area (Å²) in [5.41, 5.74) is 4.26. The molecule has 0 spiro atoms. The van der Waals surface area contributed by atoms with Crippen molar-refractivity contribution in [2.75, 3.05) is 26.1 Å². The first kappa shape index (κ1) is 24.7. The van der Waals surface area contributed by atoms with E-state index in [4.69, 9.17) is 14.2 Å². The molecule has 0 radical (unpaired) electrons. The fourth-order valence-electron chi connectivity index (χ4n) is 2.45. The van der Waals surface area contributed by atoms with Crippen molar-refractivity contribution in [3.8, 4) is 17.2 Å². The Balaban J connectivity index is 1.87. The molecule has 0 bridgehead atoms. The summed E-state index contributed by atoms with van der Waals surface area (Å²) in [7, 11) is 3.04. The van der Waals surface area contributed by atoms with Crippen LogP contribution in [0.1, 0.15) is 18.9 Å². The number of hydrogen-bond acceptors (Lipinski definition) is 6. The molecule has 0 atom stereocenters. The maximum absolute atomic E-state index is 12.3. The van der Waals surface area contributed by atoms with E-state index in [1.165, 1.54) is 14.2 Å². The number of ether oxygens (including phenoxy) is 3. The van der Waals surface area contributed by atoms with E-state index in [0.717, 1.165) is 14.5 Å². The Morgan fingerprint density at radius 3 is 2.42 bits per heavy atom. The monoisotopic (exact) mass is 555 g/mol. The molecule has 2 N–H and O–H groups in total. The molecule has 2 amide bonds. The molecule has 0 fully saturated rings. The molecule has 2 aromatic rings. The number of nitrogens with one attached hydrogen (secondary N) is 2. The van der Waals surface area contributed by atoms with Crippen LogP contribution in [0.2, 0.25) is 0 Å². The zero-order valence-corrected chi connectivity index (χ0v) is 20.7. The number of methoxy groups -OCH3 is 2. The van der Waals surface area contributed by atoms with E-state index in [0.29, 0.717) is 28.6 Å². The van der Waals surface area contributed by atoms with E-state index in [2.05, 4.69) is 47.7 Å². The van der Waals surface area contributed by atoms with Gasteiger partial charge in [0.1, 0.15) is 17.2 Å². The zero-order valence-electron chi connectivity index (χ0n) is 17.5. The molecule has 10 heteroatoms. The SMILES string of the molecule is COc1ccc(OC)c(NC(=O)CC(C)=NNC(=O)COc2cc(C)c(Br)cc2Br)c1. The van der Waals surface area contributed by atoms with Crippen LogP contribution < -0.4 is 25.0 Å². The van der Waals surface area contributed by atoms with Crippen LogP contribution in [0.15, 0.2) is 44.4 Å². The van der Waals surface area contributed by atoms with Gasteiger partial charge in [-0.2, -0.15) is 5.10 Å². The summed E-state index contributed by atoms with van der Waals surface area (Å²) in [4.78, 5) is 24.3. The van der Waals surface area contributed by atoms with E-state index in [-0.39, 0.29) is 18.9 Å². The minimum atomic E-state index is -0.443. The largest absolute Gasteiger partial charge is 0.497 e. The Hall–Kier alpha value is -2.59. The van der Waals surface area contributed by atoms with Crippen LogP contribution in [-0.2, 0) is 9.59 Å². The molecule has 0 heterocycles. The lowest BCUT2D eigenvalue weighted by molar-refractivity contribution is -0.123. The Morgan fingerprint density at radius 2 is 1.74 bits per heavy atom. The quantitative estimate of drug-likeness (QED) is 0.351. The molecular formula is C21H23Br2N3O5. The highest BCUT2D eigenvalue weighted by Gasteiger charge is 2.11. The second-order valence-corrected chi connectivity index (χ2v) is 8.20. The van der Waals surface area contributed by atoms with E-state index in [1.54, 1.807) is 25.1 Å². The van der Waals surface area contributed by atoms with Gasteiger partial charge in [-0.05, 0) is 59.6 Å². The van der Waals surface area contributed by atoms with Crippen LogP contribution >= 0.6 is 31.9 Å². The van der Waals surface area contributed by atoms with E-state index in [9.17, 15) is 9.59 Å². The Morgan fingerprint density at radius 1 is 1.00 bits per heavy atom. The third-order valence-corrected chi connectivity index (χ3v) is 5.51. The number of anilines is 1. The first-order chi connectivity index (χ1) is 14.7. The number of amides is 2. The molecular weight excluding hydrogens is 534 g/mol. The van der Waals surface area contributed by atoms with Crippen molar-refractivity contribution in [3.05, 3.63) is 44.8 Å². The molecule has 8 nitrogen and oxygen atoms in total. The molecule has 0 unspecified atom stereocenters. The maximum atomic E-state index is 12.3. The molecule has 31 heavy (non-hydrogen) atoms. The van der Waals surface area contributed by atoms with Crippen LogP contribution in [0.3, 0.4) is 0 Å². The summed E-state index contributed by atoms with van der Waals surface area (Å²) in [6.45, 7) is 3.34. The molecule has 0 saturated carbocycles. The molecule has 0 aliphatic carbocycles. The van der Waals surface area contributed by atoms with Crippen molar-refractivity contribution in [2.24, 2.45) is 5.10 Å². The smallest absolute Gasteiger partial charge is 0.277 e. The molecule has 0 saturated heterocycles. The van der Waals surface area contributed by atoms with Gasteiger partial charge in [-0.1, -0.05) is 15.9 Å². The summed E-state index contributed by atoms with van der Waals surface area (Å²) >= 11 is 6.82. The van der Waals surface area contributed by atoms with Gasteiger partial charge in [0.15, 0.2) is 6.61 Å². The van der Waals surface area contributed by atoms with Crippen molar-refractivity contribution in [1.29, 1.82) is 0 Å². The average Bonchev–Trinajstić information content (AvgIpc) is 2.73. The van der Waals surface area contributed by atoms with Crippen molar-refractivity contribution >= 4 is 55.1 Å². The Bertz CT molecular complexity index is 995. The Kier molecular flexibility index (Phi) is 9.32. The van der Waals surface area contributed by atoms with Gasteiger partial charge >= 0.3 is 0 Å². The number of aryl methyl sites for hydroxylation is 1. The predicted octanol–water partition coefficient (Wildman–Crippen LogP) is 4.44. The second kappa shape index (κ2) is 11.7. The molecule has 0 aromatic heterocycles. The van der Waals surface area contributed by atoms with Crippen molar-refractivity contribution in [1.82, 2.24) is 5.43 Å². The van der Waals surface area contributed by atoms with Gasteiger partial charge in [0.05, 0.1) is 30.8 Å². The number of hydrogen-bond donors (Lipinski definition) is 2. The fraction of sp³-hybridized carbons (Fsp3) is 0.286. The highest BCUT2D eigenvalue weighted by molar-refractivity contribution is 9.11. The van der Waals surface area contributed by atoms with Gasteiger partial charge in [-0.3, -0.25) is 9.59 Å². The number of benzene rings is 2. The topological polar surface area (TPSA) is 98.3 Å². The lowest BCUT2D eigenvalue weighted by Crippen LogP contribution is -2.26. The van der Waals surface area contributed by atoms with Crippen LogP contribution in [-0.4, -0.2) is 38.4 Å². The molecule has 0 aliphatic rings. The molecule has 166 valence electrons. The number of carbonyl (C=O) groups excluding carboxylic acids is 2. The predicted molar refractivity (Wildman–Crippen MR) is 126 cm³/mol. The standard InChI is InChI=1S/C21H23Br2N3O5/c1-12-7-19(16(23)10-15(12)22)31-11-21(28)26-25-13(2)8-20(27)24-17-9-14(29-3)5-6-18(17)30-4/h5-7,9-10H,8,11H2,1-4H3,(H,24,27)(H,26,28). The molecule has 0 aliphatic heterocycles. The third kappa shape index (κ3) is 7.55. The van der Waals surface area contributed by atoms with Crippen molar-refractivity contribution in [3.63, 3.8) is 0 Å². The third-order valence-electron chi connectivity index (χ3n) is 4.04. The summed E-state index contributed by atoms with van der Waals surface area (Å²) in [6, 6.07) is 8.74. The number of hydrazone groups is 1. The van der Waals surface area contributed by atoms with Crippen LogP contribution in [0.25, 0.3) is 0 Å². The summed E-state index contributed by atoms with van der Waals surface area (Å²) in [6.07, 6.45) is -0.0149. The molecule has 2 aromatic carbocycles. The number of rotatable bonds is 9. The van der Waals surface area contributed by atoms with E-state index < -0.39 is 5.91 Å². The van der Waals surface area contributed by atoms with Gasteiger partial charge < -0.3 is 19.5 Å². The Labute approximate surface area is 197 Å². The lowest BCUT2D eigenvalue weighted by Gasteiger charge is -2.12. The van der Waals surface area contributed by atoms with Crippen molar-refractivity contribution in [2.45, 2.75) is 20.3 Å². The lowest BCUT2D eigenvalue weighted by atomic mass is 10.2. The van der Waals surface area contributed by atoms with Crippen LogP contribution in [0, 0.1) is 6.92 Å². The second-order valence-electron chi connectivity index (χ2n) is 6.49. The van der Waals surface area contributed by atoms with Gasteiger partial charge in [0.25, 0.3) is 5.91 Å². The highest BCUT2D eigenvalue weighted by atomic mass is 79.9. The summed E-state index contributed by atoms with van der Waals surface area (Å²) < 4.78 is 17.6. The zero-order chi connectivity index (χ0) is 23.0. The normalized spacial score (nSPS) is 11.0. The summed E-state index contributed by atoms with van der Waals surface area (Å²) in [5, 5.41) is 6.70. The first-order valence-corrected chi connectivity index (χ1v) is 10.7. The van der Waals surface area contributed by atoms with Crippen LogP contribution in [0.5, 0.6) is 17.2 Å². The van der Waals surface area contributed by atoms with E-state index >= 15 is 0 Å². The van der Waals surface area contributed by atoms with Gasteiger partial charge in [0, 0.05) is 16.3 Å². The summed E-state index contributed by atoms with van der Waals surface area (Å²) in [5.74, 6) is 0.877.